The molecule has 0 atom stereocenters. The first-order valence-corrected chi connectivity index (χ1v) is 8.17. The number of thiophene rings is 1. The monoisotopic (exact) mass is 340 g/mol. The molecule has 0 fully saturated rings. The van der Waals surface area contributed by atoms with Crippen LogP contribution in [-0.4, -0.2) is 23.7 Å². The Labute approximate surface area is 139 Å². The van der Waals surface area contributed by atoms with E-state index in [1.165, 1.54) is 4.88 Å². The smallest absolute Gasteiger partial charge is 0.173 e. The maximum absolute atomic E-state index is 5.97. The van der Waals surface area contributed by atoms with Gasteiger partial charge in [-0.1, -0.05) is 17.7 Å². The highest BCUT2D eigenvalue weighted by Crippen LogP contribution is 2.23. The summed E-state index contributed by atoms with van der Waals surface area (Å²) in [7, 11) is 1.65. The SMILES string of the molecule is CCN(Cc1ccc(Cl)s1)C(=S)Nc1cccc(OC)c1. The van der Waals surface area contributed by atoms with Crippen LogP contribution in [0.15, 0.2) is 36.4 Å². The lowest BCUT2D eigenvalue weighted by Crippen LogP contribution is -2.33. The van der Waals surface area contributed by atoms with Crippen LogP contribution in [0.3, 0.4) is 0 Å². The quantitative estimate of drug-likeness (QED) is 0.802. The van der Waals surface area contributed by atoms with Crippen LogP contribution in [0, 0.1) is 0 Å². The number of hydrogen-bond donors (Lipinski definition) is 1. The minimum Gasteiger partial charge on any atom is -0.497 e. The summed E-state index contributed by atoms with van der Waals surface area (Å²) in [6, 6.07) is 11.7. The van der Waals surface area contributed by atoms with E-state index < -0.39 is 0 Å². The fourth-order valence-electron chi connectivity index (χ4n) is 1.86. The molecule has 1 aromatic carbocycles. The fraction of sp³-hybridized carbons (Fsp3) is 0.267. The third-order valence-electron chi connectivity index (χ3n) is 2.97. The second-order valence-corrected chi connectivity index (χ2v) is 6.57. The minimum absolute atomic E-state index is 0.690. The van der Waals surface area contributed by atoms with Gasteiger partial charge in [0.15, 0.2) is 5.11 Å². The standard InChI is InChI=1S/C15H17ClN2OS2/c1-3-18(10-13-7-8-14(16)21-13)15(20)17-11-5-4-6-12(9-11)19-2/h4-9H,3,10H2,1-2H3,(H,17,20). The number of thiocarbonyl (C=S) groups is 1. The zero-order valence-electron chi connectivity index (χ0n) is 11.9. The third kappa shape index (κ3) is 4.59. The van der Waals surface area contributed by atoms with Crippen LogP contribution >= 0.6 is 35.2 Å². The van der Waals surface area contributed by atoms with Gasteiger partial charge in [-0.25, -0.2) is 0 Å². The molecule has 21 heavy (non-hydrogen) atoms. The van der Waals surface area contributed by atoms with Gasteiger partial charge in [-0.3, -0.25) is 0 Å². The number of anilines is 1. The summed E-state index contributed by atoms with van der Waals surface area (Å²) < 4.78 is 6.01. The molecule has 1 N–H and O–H groups in total. The number of nitrogens with zero attached hydrogens (tertiary/aromatic N) is 1. The highest BCUT2D eigenvalue weighted by molar-refractivity contribution is 7.80. The van der Waals surface area contributed by atoms with Crippen LogP contribution in [0.4, 0.5) is 5.69 Å². The molecular weight excluding hydrogens is 324 g/mol. The van der Waals surface area contributed by atoms with Crippen LogP contribution in [0.2, 0.25) is 4.34 Å². The Morgan fingerprint density at radius 2 is 2.19 bits per heavy atom. The predicted octanol–water partition coefficient (Wildman–Crippen LogP) is 4.63. The van der Waals surface area contributed by atoms with Crippen molar-refractivity contribution < 1.29 is 4.74 Å². The first kappa shape index (κ1) is 16.1. The van der Waals surface area contributed by atoms with Crippen molar-refractivity contribution in [3.05, 3.63) is 45.6 Å². The Kier molecular flexibility index (Phi) is 5.85. The first-order chi connectivity index (χ1) is 10.1. The number of methoxy groups -OCH3 is 1. The molecule has 0 radical (unpaired) electrons. The van der Waals surface area contributed by atoms with Gasteiger partial charge in [-0.15, -0.1) is 11.3 Å². The van der Waals surface area contributed by atoms with E-state index in [0.29, 0.717) is 5.11 Å². The van der Waals surface area contributed by atoms with E-state index in [1.54, 1.807) is 18.4 Å². The molecule has 0 unspecified atom stereocenters. The normalized spacial score (nSPS) is 10.2. The molecule has 0 aliphatic heterocycles. The molecule has 0 bridgehead atoms. The average Bonchev–Trinajstić information content (AvgIpc) is 2.90. The summed E-state index contributed by atoms with van der Waals surface area (Å²) in [6.45, 7) is 3.66. The van der Waals surface area contributed by atoms with E-state index in [-0.39, 0.29) is 0 Å². The lowest BCUT2D eigenvalue weighted by atomic mass is 10.3. The molecule has 2 rings (SSSR count). The van der Waals surface area contributed by atoms with Crippen molar-refractivity contribution in [2.24, 2.45) is 0 Å². The van der Waals surface area contributed by atoms with Crippen molar-refractivity contribution in [1.29, 1.82) is 0 Å². The molecule has 0 aliphatic rings. The van der Waals surface area contributed by atoms with E-state index in [4.69, 9.17) is 28.6 Å². The lowest BCUT2D eigenvalue weighted by molar-refractivity contribution is 0.415. The highest BCUT2D eigenvalue weighted by Gasteiger charge is 2.10. The summed E-state index contributed by atoms with van der Waals surface area (Å²) in [5.41, 5.74) is 0.919. The van der Waals surface area contributed by atoms with E-state index in [0.717, 1.165) is 28.9 Å². The molecule has 0 saturated carbocycles. The topological polar surface area (TPSA) is 24.5 Å². The molecule has 0 spiro atoms. The molecular formula is C15H17ClN2OS2. The lowest BCUT2D eigenvalue weighted by Gasteiger charge is -2.24. The van der Waals surface area contributed by atoms with Crippen molar-refractivity contribution in [1.82, 2.24) is 4.90 Å². The summed E-state index contributed by atoms with van der Waals surface area (Å²) in [5, 5.41) is 3.93. The molecule has 1 aromatic heterocycles. The summed E-state index contributed by atoms with van der Waals surface area (Å²) >= 11 is 13.0. The van der Waals surface area contributed by atoms with Crippen LogP contribution in [0.5, 0.6) is 5.75 Å². The minimum atomic E-state index is 0.690. The number of halogens is 1. The van der Waals surface area contributed by atoms with E-state index >= 15 is 0 Å². The summed E-state index contributed by atoms with van der Waals surface area (Å²) in [4.78, 5) is 3.29. The van der Waals surface area contributed by atoms with Gasteiger partial charge < -0.3 is 15.0 Å². The highest BCUT2D eigenvalue weighted by atomic mass is 35.5. The average molecular weight is 341 g/mol. The van der Waals surface area contributed by atoms with Gasteiger partial charge in [0.25, 0.3) is 0 Å². The molecule has 2 aromatic rings. The van der Waals surface area contributed by atoms with Gasteiger partial charge in [0.1, 0.15) is 5.75 Å². The number of nitrogens with one attached hydrogen (secondary N) is 1. The van der Waals surface area contributed by atoms with Gasteiger partial charge in [0, 0.05) is 23.2 Å². The largest absolute Gasteiger partial charge is 0.497 e. The van der Waals surface area contributed by atoms with Crippen molar-refractivity contribution in [2.75, 3.05) is 19.0 Å². The number of benzene rings is 1. The number of ether oxygens (including phenoxy) is 1. The Morgan fingerprint density at radius 3 is 2.81 bits per heavy atom. The Hall–Kier alpha value is -1.30. The van der Waals surface area contributed by atoms with Gasteiger partial charge in [-0.05, 0) is 43.4 Å². The number of rotatable bonds is 5. The van der Waals surface area contributed by atoms with Crippen molar-refractivity contribution >= 4 is 46.0 Å². The Balaban J connectivity index is 2.02. The zero-order valence-corrected chi connectivity index (χ0v) is 14.3. The maximum Gasteiger partial charge on any atom is 0.173 e. The van der Waals surface area contributed by atoms with Crippen LogP contribution in [0.1, 0.15) is 11.8 Å². The second-order valence-electron chi connectivity index (χ2n) is 4.38. The van der Waals surface area contributed by atoms with E-state index in [1.807, 2.05) is 36.4 Å². The summed E-state index contributed by atoms with van der Waals surface area (Å²) in [5.74, 6) is 0.802. The van der Waals surface area contributed by atoms with E-state index in [2.05, 4.69) is 17.1 Å². The molecule has 0 saturated heterocycles. The van der Waals surface area contributed by atoms with Crippen molar-refractivity contribution in [3.8, 4) is 5.75 Å². The Morgan fingerprint density at radius 1 is 1.38 bits per heavy atom. The maximum atomic E-state index is 5.97. The first-order valence-electron chi connectivity index (χ1n) is 6.56. The molecule has 0 aliphatic carbocycles. The molecule has 0 amide bonds. The molecule has 6 heteroatoms. The van der Waals surface area contributed by atoms with E-state index in [9.17, 15) is 0 Å². The van der Waals surface area contributed by atoms with Gasteiger partial charge in [0.2, 0.25) is 0 Å². The Bertz CT molecular complexity index is 615. The van der Waals surface area contributed by atoms with Crippen LogP contribution < -0.4 is 10.1 Å². The zero-order chi connectivity index (χ0) is 15.2. The molecule has 3 nitrogen and oxygen atoms in total. The van der Waals surface area contributed by atoms with Gasteiger partial charge in [-0.2, -0.15) is 0 Å². The predicted molar refractivity (Wildman–Crippen MR) is 94.6 cm³/mol. The summed E-state index contributed by atoms with van der Waals surface area (Å²) in [6.07, 6.45) is 0. The molecule has 112 valence electrons. The molecule has 1 heterocycles. The third-order valence-corrected chi connectivity index (χ3v) is 4.54. The van der Waals surface area contributed by atoms with Gasteiger partial charge >= 0.3 is 0 Å². The van der Waals surface area contributed by atoms with Crippen LogP contribution in [0.25, 0.3) is 0 Å². The fourth-order valence-corrected chi connectivity index (χ4v) is 3.27. The van der Waals surface area contributed by atoms with Crippen LogP contribution in [-0.2, 0) is 6.54 Å². The van der Waals surface area contributed by atoms with Crippen molar-refractivity contribution in [3.63, 3.8) is 0 Å². The second kappa shape index (κ2) is 7.64. The van der Waals surface area contributed by atoms with Gasteiger partial charge in [0.05, 0.1) is 18.0 Å². The number of hydrogen-bond acceptors (Lipinski definition) is 3. The van der Waals surface area contributed by atoms with Crippen molar-refractivity contribution in [2.45, 2.75) is 13.5 Å².